The van der Waals surface area contributed by atoms with Crippen LogP contribution in [0.25, 0.3) is 22.4 Å². The molecule has 1 heterocycles. The van der Waals surface area contributed by atoms with E-state index in [0.717, 1.165) is 73.8 Å². The van der Waals surface area contributed by atoms with Gasteiger partial charge in [-0.2, -0.15) is 0 Å². The summed E-state index contributed by atoms with van der Waals surface area (Å²) in [5.74, 6) is 0.838. The second-order valence-electron chi connectivity index (χ2n) is 11.8. The maximum atomic E-state index is 13.0. The summed E-state index contributed by atoms with van der Waals surface area (Å²) in [6.07, 6.45) is 11.4. The summed E-state index contributed by atoms with van der Waals surface area (Å²) in [6.45, 7) is 0. The number of benzene rings is 2. The minimum atomic E-state index is -0.188. The third-order valence-electron chi connectivity index (χ3n) is 8.85. The number of carbonyl (C=O) groups is 2. The summed E-state index contributed by atoms with van der Waals surface area (Å²) in [7, 11) is 0. The fourth-order valence-corrected chi connectivity index (χ4v) is 6.06. The highest BCUT2D eigenvalue weighted by molar-refractivity contribution is 5.93. The zero-order valence-electron chi connectivity index (χ0n) is 22.5. The number of rotatable bonds is 8. The molecular weight excluding hydrogens is 484 g/mol. The molecule has 6 nitrogen and oxygen atoms in total. The van der Waals surface area contributed by atoms with E-state index in [1.807, 2.05) is 24.3 Å². The van der Waals surface area contributed by atoms with Crippen LogP contribution >= 0.6 is 0 Å². The van der Waals surface area contributed by atoms with Gasteiger partial charge in [0.25, 0.3) is 0 Å². The van der Waals surface area contributed by atoms with Gasteiger partial charge in [0.2, 0.25) is 11.8 Å². The van der Waals surface area contributed by atoms with E-state index in [-0.39, 0.29) is 29.3 Å². The molecule has 3 saturated carbocycles. The number of hydrogen-bond donors (Lipinski definition) is 3. The molecule has 6 rings (SSSR count). The van der Waals surface area contributed by atoms with Crippen molar-refractivity contribution in [1.82, 2.24) is 10.3 Å². The van der Waals surface area contributed by atoms with Gasteiger partial charge in [0.05, 0.1) is 17.6 Å². The molecule has 39 heavy (non-hydrogen) atoms. The fraction of sp³-hybridized carbons (Fsp3) is 0.424. The normalized spacial score (nSPS) is 22.0. The molecule has 0 saturated heterocycles. The van der Waals surface area contributed by atoms with Gasteiger partial charge in [-0.3, -0.25) is 14.6 Å². The molecule has 0 aliphatic heterocycles. The second-order valence-corrected chi connectivity index (χ2v) is 11.8. The van der Waals surface area contributed by atoms with Crippen LogP contribution in [0.2, 0.25) is 0 Å². The van der Waals surface area contributed by atoms with Crippen molar-refractivity contribution in [3.63, 3.8) is 0 Å². The molecule has 2 aromatic carbocycles. The van der Waals surface area contributed by atoms with Crippen molar-refractivity contribution in [2.45, 2.75) is 75.8 Å². The number of aromatic nitrogens is 1. The van der Waals surface area contributed by atoms with Gasteiger partial charge < -0.3 is 16.4 Å². The average Bonchev–Trinajstić information content (AvgIpc) is 3.79. The molecule has 0 unspecified atom stereocenters. The van der Waals surface area contributed by atoms with Crippen LogP contribution in [0.15, 0.2) is 66.9 Å². The number of carbonyl (C=O) groups excluding carboxylic acids is 2. The minimum Gasteiger partial charge on any atom is -0.353 e. The van der Waals surface area contributed by atoms with Crippen LogP contribution in [0, 0.1) is 11.8 Å². The standard InChI is InChI=1S/C33H38N4O2/c34-33(17-4-18-33)26-13-11-24(12-14-26)31-29(23-5-2-1-3-6-23)20-28(21-35-31)36-30(38)19-22-7-15-27(16-8-22)37-32(39)25-9-10-25/h1-3,5-6,11-14,20-22,25,27H,4,7-10,15-19,34H2,(H,36,38)(H,37,39). The Morgan fingerprint density at radius 1 is 0.897 bits per heavy atom. The van der Waals surface area contributed by atoms with Crippen LogP contribution in [-0.2, 0) is 15.1 Å². The van der Waals surface area contributed by atoms with E-state index >= 15 is 0 Å². The Bertz CT molecular complexity index is 1320. The van der Waals surface area contributed by atoms with Crippen LogP contribution in [0.4, 0.5) is 5.69 Å². The highest BCUT2D eigenvalue weighted by atomic mass is 16.2. The number of amides is 2. The third-order valence-corrected chi connectivity index (χ3v) is 8.85. The van der Waals surface area contributed by atoms with Gasteiger partial charge in [-0.25, -0.2) is 0 Å². The Hall–Kier alpha value is -3.51. The largest absolute Gasteiger partial charge is 0.353 e. The van der Waals surface area contributed by atoms with Crippen molar-refractivity contribution in [1.29, 1.82) is 0 Å². The molecule has 0 bridgehead atoms. The van der Waals surface area contributed by atoms with E-state index in [0.29, 0.717) is 18.0 Å². The van der Waals surface area contributed by atoms with E-state index in [1.165, 1.54) is 12.0 Å². The van der Waals surface area contributed by atoms with E-state index < -0.39 is 0 Å². The van der Waals surface area contributed by atoms with Crippen LogP contribution in [-0.4, -0.2) is 22.8 Å². The Morgan fingerprint density at radius 3 is 2.26 bits per heavy atom. The Labute approximate surface area is 230 Å². The first-order chi connectivity index (χ1) is 19.0. The molecule has 1 aromatic heterocycles. The summed E-state index contributed by atoms with van der Waals surface area (Å²) in [5, 5.41) is 6.30. The van der Waals surface area contributed by atoms with Crippen molar-refractivity contribution < 1.29 is 9.59 Å². The minimum absolute atomic E-state index is 0.0205. The average molecular weight is 523 g/mol. The summed E-state index contributed by atoms with van der Waals surface area (Å²) >= 11 is 0. The van der Waals surface area contributed by atoms with Gasteiger partial charge in [-0.1, -0.05) is 54.6 Å². The molecule has 0 radical (unpaired) electrons. The van der Waals surface area contributed by atoms with E-state index in [1.54, 1.807) is 6.20 Å². The predicted octanol–water partition coefficient (Wildman–Crippen LogP) is 6.17. The van der Waals surface area contributed by atoms with Crippen molar-refractivity contribution in [3.05, 3.63) is 72.4 Å². The van der Waals surface area contributed by atoms with Gasteiger partial charge in [0.1, 0.15) is 0 Å². The molecule has 0 atom stereocenters. The maximum Gasteiger partial charge on any atom is 0.224 e. The van der Waals surface area contributed by atoms with Crippen LogP contribution < -0.4 is 16.4 Å². The summed E-state index contributed by atoms with van der Waals surface area (Å²) in [5.41, 5.74) is 12.2. The van der Waals surface area contributed by atoms with Gasteiger partial charge >= 0.3 is 0 Å². The number of hydrogen-bond acceptors (Lipinski definition) is 4. The predicted molar refractivity (Wildman–Crippen MR) is 155 cm³/mol. The van der Waals surface area contributed by atoms with Crippen LogP contribution in [0.3, 0.4) is 0 Å². The quantitative estimate of drug-likeness (QED) is 0.330. The summed E-state index contributed by atoms with van der Waals surface area (Å²) in [6, 6.07) is 21.0. The Balaban J connectivity index is 1.13. The monoisotopic (exact) mass is 522 g/mol. The topological polar surface area (TPSA) is 97.1 Å². The molecule has 4 N–H and O–H groups in total. The lowest BCUT2D eigenvalue weighted by Gasteiger charge is -2.38. The first-order valence-electron chi connectivity index (χ1n) is 14.5. The second kappa shape index (κ2) is 10.9. The highest BCUT2D eigenvalue weighted by Gasteiger charge is 2.34. The molecular formula is C33H38N4O2. The first kappa shape index (κ1) is 25.8. The van der Waals surface area contributed by atoms with E-state index in [9.17, 15) is 9.59 Å². The maximum absolute atomic E-state index is 13.0. The number of nitrogens with one attached hydrogen (secondary N) is 2. The van der Waals surface area contributed by atoms with E-state index in [2.05, 4.69) is 47.0 Å². The van der Waals surface area contributed by atoms with Gasteiger partial charge in [-0.05, 0) is 80.9 Å². The molecule has 3 aliphatic rings. The number of pyridine rings is 1. The van der Waals surface area contributed by atoms with Gasteiger partial charge in [-0.15, -0.1) is 0 Å². The molecule has 0 spiro atoms. The van der Waals surface area contributed by atoms with Crippen molar-refractivity contribution in [2.75, 3.05) is 5.32 Å². The van der Waals surface area contributed by atoms with Crippen molar-refractivity contribution >= 4 is 17.5 Å². The summed E-state index contributed by atoms with van der Waals surface area (Å²) < 4.78 is 0. The highest BCUT2D eigenvalue weighted by Crippen LogP contribution is 2.40. The number of nitrogens with two attached hydrogens (primary N) is 1. The first-order valence-corrected chi connectivity index (χ1v) is 14.5. The molecule has 3 fully saturated rings. The number of nitrogens with zero attached hydrogens (tertiary/aromatic N) is 1. The third kappa shape index (κ3) is 5.91. The number of anilines is 1. The van der Waals surface area contributed by atoms with Crippen molar-refractivity contribution in [2.24, 2.45) is 17.6 Å². The zero-order chi connectivity index (χ0) is 26.8. The lowest BCUT2D eigenvalue weighted by molar-refractivity contribution is -0.123. The van der Waals surface area contributed by atoms with Gasteiger partial charge in [0.15, 0.2) is 0 Å². The lowest BCUT2D eigenvalue weighted by Crippen LogP contribution is -2.43. The Kier molecular flexibility index (Phi) is 7.22. The zero-order valence-corrected chi connectivity index (χ0v) is 22.5. The molecule has 202 valence electrons. The van der Waals surface area contributed by atoms with Crippen LogP contribution in [0.5, 0.6) is 0 Å². The summed E-state index contributed by atoms with van der Waals surface area (Å²) in [4.78, 5) is 29.9. The molecule has 3 aromatic rings. The van der Waals surface area contributed by atoms with Crippen molar-refractivity contribution in [3.8, 4) is 22.4 Å². The molecule has 6 heteroatoms. The van der Waals surface area contributed by atoms with E-state index in [4.69, 9.17) is 10.7 Å². The van der Waals surface area contributed by atoms with Crippen LogP contribution in [0.1, 0.15) is 69.8 Å². The smallest absolute Gasteiger partial charge is 0.224 e. The Morgan fingerprint density at radius 2 is 1.62 bits per heavy atom. The lowest BCUT2D eigenvalue weighted by atomic mass is 9.72. The fourth-order valence-electron chi connectivity index (χ4n) is 6.06. The van der Waals surface area contributed by atoms with Gasteiger partial charge in [0, 0.05) is 35.0 Å². The molecule has 3 aliphatic carbocycles. The molecule has 2 amide bonds. The SMILES string of the molecule is NC1(c2ccc(-c3ncc(NC(=O)CC4CCC(NC(=O)C5CC5)CC4)cc3-c3ccccc3)cc2)CCC1.